The number of H-pyrrole nitrogens is 1. The number of hydrogen-bond donors (Lipinski definition) is 4. The Hall–Kier alpha value is -2.01. The van der Waals surface area contributed by atoms with E-state index in [2.05, 4.69) is 10.3 Å². The molecule has 1 amide bonds. The number of benzene rings is 1. The van der Waals surface area contributed by atoms with Crippen molar-refractivity contribution in [3.63, 3.8) is 0 Å². The molecule has 0 aliphatic rings. The lowest BCUT2D eigenvalue weighted by molar-refractivity contribution is -0.120. The summed E-state index contributed by atoms with van der Waals surface area (Å²) in [7, 11) is 0. The molecule has 0 spiro atoms. The molecule has 2 aromatic rings. The summed E-state index contributed by atoms with van der Waals surface area (Å²) in [6, 6.07) is 5.05. The van der Waals surface area contributed by atoms with Crippen LogP contribution in [-0.4, -0.2) is 28.1 Å². The second-order valence-electron chi connectivity index (χ2n) is 5.49. The summed E-state index contributed by atoms with van der Waals surface area (Å²) in [6.45, 7) is 4.17. The molecular formula is C14H19N3O2. The van der Waals surface area contributed by atoms with E-state index < -0.39 is 5.54 Å². The van der Waals surface area contributed by atoms with E-state index in [0.717, 1.165) is 16.5 Å². The third-order valence-corrected chi connectivity index (χ3v) is 2.84. The van der Waals surface area contributed by atoms with Crippen LogP contribution in [0.1, 0.15) is 19.4 Å². The van der Waals surface area contributed by atoms with Crippen molar-refractivity contribution in [2.24, 2.45) is 5.73 Å². The fraction of sp³-hybridized carbons (Fsp3) is 0.357. The minimum absolute atomic E-state index is 0.0625. The van der Waals surface area contributed by atoms with Gasteiger partial charge in [0, 0.05) is 35.2 Å². The van der Waals surface area contributed by atoms with Gasteiger partial charge < -0.3 is 21.1 Å². The highest BCUT2D eigenvalue weighted by Gasteiger charge is 2.14. The Morgan fingerprint density at radius 3 is 2.89 bits per heavy atom. The van der Waals surface area contributed by atoms with E-state index in [4.69, 9.17) is 5.73 Å². The first kappa shape index (κ1) is 13.4. The number of aromatic nitrogens is 1. The number of aromatic hydroxyl groups is 1. The van der Waals surface area contributed by atoms with Crippen molar-refractivity contribution >= 4 is 16.8 Å². The summed E-state index contributed by atoms with van der Waals surface area (Å²) in [4.78, 5) is 14.9. The standard InChI is InChI=1S/C14H19N3O2/c1-14(2,15)8-17-13(19)5-9-7-16-12-6-10(18)3-4-11(9)12/h3-4,6-7,16,18H,5,8,15H2,1-2H3,(H,17,19). The first-order valence-corrected chi connectivity index (χ1v) is 6.20. The Morgan fingerprint density at radius 1 is 1.47 bits per heavy atom. The van der Waals surface area contributed by atoms with E-state index >= 15 is 0 Å². The molecule has 0 bridgehead atoms. The lowest BCUT2D eigenvalue weighted by atomic mass is 10.1. The molecular weight excluding hydrogens is 242 g/mol. The molecule has 2 rings (SSSR count). The maximum Gasteiger partial charge on any atom is 0.224 e. The van der Waals surface area contributed by atoms with Gasteiger partial charge in [0.25, 0.3) is 0 Å². The number of nitrogens with two attached hydrogens (primary N) is 1. The quantitative estimate of drug-likeness (QED) is 0.668. The van der Waals surface area contributed by atoms with E-state index in [0.29, 0.717) is 13.0 Å². The number of hydrogen-bond acceptors (Lipinski definition) is 3. The van der Waals surface area contributed by atoms with E-state index in [9.17, 15) is 9.90 Å². The van der Waals surface area contributed by atoms with Crippen molar-refractivity contribution in [1.82, 2.24) is 10.3 Å². The topological polar surface area (TPSA) is 91.1 Å². The molecule has 0 saturated carbocycles. The van der Waals surface area contributed by atoms with E-state index in [-0.39, 0.29) is 11.7 Å². The molecule has 0 unspecified atom stereocenters. The van der Waals surface area contributed by atoms with Crippen molar-refractivity contribution in [1.29, 1.82) is 0 Å². The fourth-order valence-corrected chi connectivity index (χ4v) is 1.88. The van der Waals surface area contributed by atoms with Crippen LogP contribution in [0.15, 0.2) is 24.4 Å². The van der Waals surface area contributed by atoms with Crippen LogP contribution < -0.4 is 11.1 Å². The number of phenolic OH excluding ortho intramolecular Hbond substituents is 1. The summed E-state index contributed by atoms with van der Waals surface area (Å²) >= 11 is 0. The first-order chi connectivity index (χ1) is 8.85. The lowest BCUT2D eigenvalue weighted by Gasteiger charge is -2.18. The van der Waals surface area contributed by atoms with Crippen LogP contribution in [0.4, 0.5) is 0 Å². The predicted molar refractivity (Wildman–Crippen MR) is 74.9 cm³/mol. The molecule has 19 heavy (non-hydrogen) atoms. The molecule has 1 aromatic heterocycles. The van der Waals surface area contributed by atoms with Crippen LogP contribution in [-0.2, 0) is 11.2 Å². The minimum atomic E-state index is -0.415. The smallest absolute Gasteiger partial charge is 0.224 e. The molecule has 0 aliphatic carbocycles. The van der Waals surface area contributed by atoms with Crippen LogP contribution in [0.25, 0.3) is 10.9 Å². The number of phenols is 1. The van der Waals surface area contributed by atoms with E-state index in [1.807, 2.05) is 13.8 Å². The van der Waals surface area contributed by atoms with Gasteiger partial charge in [0.05, 0.1) is 6.42 Å². The molecule has 5 nitrogen and oxygen atoms in total. The van der Waals surface area contributed by atoms with Crippen molar-refractivity contribution < 1.29 is 9.90 Å². The van der Waals surface area contributed by atoms with Crippen LogP contribution in [0.5, 0.6) is 5.75 Å². The highest BCUT2D eigenvalue weighted by Crippen LogP contribution is 2.22. The van der Waals surface area contributed by atoms with E-state index in [1.54, 1.807) is 24.4 Å². The third-order valence-electron chi connectivity index (χ3n) is 2.84. The molecule has 0 aliphatic heterocycles. The maximum absolute atomic E-state index is 11.8. The molecule has 1 aromatic carbocycles. The van der Waals surface area contributed by atoms with Crippen molar-refractivity contribution in [3.8, 4) is 5.75 Å². The normalized spacial score (nSPS) is 11.7. The van der Waals surface area contributed by atoms with Crippen LogP contribution in [0.3, 0.4) is 0 Å². The molecule has 0 saturated heterocycles. The van der Waals surface area contributed by atoms with Gasteiger partial charge in [-0.3, -0.25) is 4.79 Å². The summed E-state index contributed by atoms with van der Waals surface area (Å²) in [6.07, 6.45) is 2.08. The zero-order chi connectivity index (χ0) is 14.0. The van der Waals surface area contributed by atoms with Crippen molar-refractivity contribution in [2.45, 2.75) is 25.8 Å². The van der Waals surface area contributed by atoms with Gasteiger partial charge in [-0.05, 0) is 31.5 Å². The Kier molecular flexibility index (Phi) is 3.48. The van der Waals surface area contributed by atoms with Crippen LogP contribution in [0, 0.1) is 0 Å². The Morgan fingerprint density at radius 2 is 2.21 bits per heavy atom. The summed E-state index contributed by atoms with van der Waals surface area (Å²) in [5.74, 6) is 0.141. The number of nitrogens with one attached hydrogen (secondary N) is 2. The summed E-state index contributed by atoms with van der Waals surface area (Å²) in [5, 5.41) is 13.1. The number of carbonyl (C=O) groups is 1. The Labute approximate surface area is 111 Å². The average Bonchev–Trinajstić information content (AvgIpc) is 2.68. The van der Waals surface area contributed by atoms with Gasteiger partial charge in [0.1, 0.15) is 5.75 Å². The SMILES string of the molecule is CC(C)(N)CNC(=O)Cc1c[nH]c2cc(O)ccc12. The number of carbonyl (C=O) groups excluding carboxylic acids is 1. The largest absolute Gasteiger partial charge is 0.508 e. The second-order valence-corrected chi connectivity index (χ2v) is 5.49. The lowest BCUT2D eigenvalue weighted by Crippen LogP contribution is -2.45. The zero-order valence-electron chi connectivity index (χ0n) is 11.2. The molecule has 0 atom stereocenters. The maximum atomic E-state index is 11.8. The van der Waals surface area contributed by atoms with Crippen LogP contribution in [0.2, 0.25) is 0 Å². The first-order valence-electron chi connectivity index (χ1n) is 6.20. The number of aromatic amines is 1. The summed E-state index contributed by atoms with van der Waals surface area (Å²) < 4.78 is 0. The third kappa shape index (κ3) is 3.48. The highest BCUT2D eigenvalue weighted by molar-refractivity contribution is 5.89. The van der Waals surface area contributed by atoms with Gasteiger partial charge in [0.2, 0.25) is 5.91 Å². The second kappa shape index (κ2) is 4.93. The number of rotatable bonds is 4. The minimum Gasteiger partial charge on any atom is -0.508 e. The molecule has 5 heteroatoms. The van der Waals surface area contributed by atoms with E-state index in [1.165, 1.54) is 0 Å². The molecule has 102 valence electrons. The fourth-order valence-electron chi connectivity index (χ4n) is 1.88. The Bertz CT molecular complexity index is 596. The number of fused-ring (bicyclic) bond motifs is 1. The van der Waals surface area contributed by atoms with Gasteiger partial charge >= 0.3 is 0 Å². The molecule has 1 heterocycles. The van der Waals surface area contributed by atoms with Gasteiger partial charge in [-0.15, -0.1) is 0 Å². The molecule has 5 N–H and O–H groups in total. The van der Waals surface area contributed by atoms with Crippen molar-refractivity contribution in [2.75, 3.05) is 6.54 Å². The van der Waals surface area contributed by atoms with Gasteiger partial charge in [0.15, 0.2) is 0 Å². The predicted octanol–water partition coefficient (Wildman–Crippen LogP) is 1.27. The zero-order valence-corrected chi connectivity index (χ0v) is 11.2. The van der Waals surface area contributed by atoms with Gasteiger partial charge in [-0.2, -0.15) is 0 Å². The van der Waals surface area contributed by atoms with Crippen LogP contribution >= 0.6 is 0 Å². The highest BCUT2D eigenvalue weighted by atomic mass is 16.3. The monoisotopic (exact) mass is 261 g/mol. The average molecular weight is 261 g/mol. The summed E-state index contributed by atoms with van der Waals surface area (Å²) in [5.41, 5.74) is 7.13. The van der Waals surface area contributed by atoms with Crippen molar-refractivity contribution in [3.05, 3.63) is 30.0 Å². The molecule has 0 fully saturated rings. The molecule has 0 radical (unpaired) electrons. The van der Waals surface area contributed by atoms with Gasteiger partial charge in [-0.25, -0.2) is 0 Å². The number of amides is 1. The Balaban J connectivity index is 2.07. The van der Waals surface area contributed by atoms with Gasteiger partial charge in [-0.1, -0.05) is 0 Å².